The number of hydrogen-bond acceptors (Lipinski definition) is 2. The second-order valence-electron chi connectivity index (χ2n) is 5.41. The molecule has 0 radical (unpaired) electrons. The lowest BCUT2D eigenvalue weighted by atomic mass is 10.2. The van der Waals surface area contributed by atoms with Crippen LogP contribution in [-0.2, 0) is 10.0 Å². The van der Waals surface area contributed by atoms with Crippen molar-refractivity contribution in [1.29, 1.82) is 0 Å². The minimum absolute atomic E-state index is 0.170. The zero-order valence-corrected chi connectivity index (χ0v) is 12.6. The van der Waals surface area contributed by atoms with Crippen LogP contribution in [0.1, 0.15) is 46.5 Å². The molecule has 0 N–H and O–H groups in total. The van der Waals surface area contributed by atoms with E-state index in [4.69, 9.17) is 11.6 Å². The van der Waals surface area contributed by atoms with Crippen LogP contribution in [0, 0.1) is 5.92 Å². The van der Waals surface area contributed by atoms with Crippen molar-refractivity contribution in [3.05, 3.63) is 0 Å². The van der Waals surface area contributed by atoms with Gasteiger partial charge in [0.15, 0.2) is 0 Å². The van der Waals surface area contributed by atoms with Gasteiger partial charge in [-0.1, -0.05) is 26.7 Å². The van der Waals surface area contributed by atoms with Crippen molar-refractivity contribution in [2.45, 2.75) is 57.7 Å². The summed E-state index contributed by atoms with van der Waals surface area (Å²) in [5.74, 6) is 0.525. The van der Waals surface area contributed by atoms with E-state index in [-0.39, 0.29) is 11.9 Å². The van der Waals surface area contributed by atoms with Gasteiger partial charge in [0.2, 0.25) is 10.0 Å². The molecule has 0 aromatic carbocycles. The van der Waals surface area contributed by atoms with Crippen LogP contribution < -0.4 is 0 Å². The van der Waals surface area contributed by atoms with Crippen molar-refractivity contribution in [3.63, 3.8) is 0 Å². The van der Waals surface area contributed by atoms with Crippen molar-refractivity contribution in [1.82, 2.24) is 4.31 Å². The van der Waals surface area contributed by atoms with Crippen molar-refractivity contribution < 1.29 is 8.42 Å². The Balaban J connectivity index is 2.88. The molecule has 17 heavy (non-hydrogen) atoms. The van der Waals surface area contributed by atoms with Gasteiger partial charge in [-0.2, -0.15) is 4.31 Å². The predicted octanol–water partition coefficient (Wildman–Crippen LogP) is 2.84. The fourth-order valence-corrected chi connectivity index (χ4v) is 4.56. The fourth-order valence-electron chi connectivity index (χ4n) is 2.32. The maximum atomic E-state index is 12.4. The fraction of sp³-hybridized carbons (Fsp3) is 1.00. The molecule has 0 heterocycles. The average Bonchev–Trinajstić information content (AvgIpc) is 2.77. The molecule has 0 bridgehead atoms. The summed E-state index contributed by atoms with van der Waals surface area (Å²) < 4.78 is 26.6. The molecular weight excluding hydrogens is 258 g/mol. The molecular formula is C12H24ClNO2S. The molecule has 102 valence electrons. The first-order valence-electron chi connectivity index (χ1n) is 6.46. The summed E-state index contributed by atoms with van der Waals surface area (Å²) in [4.78, 5) is 0. The van der Waals surface area contributed by atoms with E-state index in [1.807, 2.05) is 0 Å². The average molecular weight is 282 g/mol. The van der Waals surface area contributed by atoms with Crippen LogP contribution in [-0.4, -0.2) is 36.4 Å². The number of rotatable bonds is 6. The molecule has 0 aromatic heterocycles. The quantitative estimate of drug-likeness (QED) is 0.702. The highest BCUT2D eigenvalue weighted by molar-refractivity contribution is 7.89. The standard InChI is InChI=1S/C12H24ClNO2S/c1-10(2)9-14(12-6-4-5-7-12)17(15,16)11(3)8-13/h10-12H,4-9H2,1-3H3. The van der Waals surface area contributed by atoms with Crippen molar-refractivity contribution in [2.24, 2.45) is 5.92 Å². The summed E-state index contributed by atoms with van der Waals surface area (Å²) in [6.45, 7) is 6.44. The second kappa shape index (κ2) is 6.39. The Morgan fingerprint density at radius 3 is 2.18 bits per heavy atom. The van der Waals surface area contributed by atoms with E-state index < -0.39 is 15.3 Å². The van der Waals surface area contributed by atoms with E-state index in [2.05, 4.69) is 13.8 Å². The Bertz CT molecular complexity index is 323. The summed E-state index contributed by atoms with van der Waals surface area (Å²) in [5, 5.41) is -0.483. The monoisotopic (exact) mass is 281 g/mol. The topological polar surface area (TPSA) is 37.4 Å². The minimum Gasteiger partial charge on any atom is -0.212 e. The van der Waals surface area contributed by atoms with E-state index in [0.29, 0.717) is 12.5 Å². The van der Waals surface area contributed by atoms with Crippen LogP contribution in [0.4, 0.5) is 0 Å². The first kappa shape index (κ1) is 15.3. The largest absolute Gasteiger partial charge is 0.218 e. The van der Waals surface area contributed by atoms with E-state index in [1.54, 1.807) is 11.2 Å². The number of hydrogen-bond donors (Lipinski definition) is 0. The third-order valence-electron chi connectivity index (χ3n) is 3.33. The second-order valence-corrected chi connectivity index (χ2v) is 8.02. The highest BCUT2D eigenvalue weighted by Gasteiger charge is 2.35. The summed E-state index contributed by atoms with van der Waals surface area (Å²) in [6.07, 6.45) is 4.29. The smallest absolute Gasteiger partial charge is 0.212 e. The van der Waals surface area contributed by atoms with Gasteiger partial charge < -0.3 is 0 Å². The summed E-state index contributed by atoms with van der Waals surface area (Å²) >= 11 is 5.72. The predicted molar refractivity (Wildman–Crippen MR) is 72.9 cm³/mol. The van der Waals surface area contributed by atoms with Gasteiger partial charge in [0.1, 0.15) is 0 Å². The maximum Gasteiger partial charge on any atom is 0.218 e. The Hall–Kier alpha value is 0.200. The van der Waals surface area contributed by atoms with Gasteiger partial charge in [-0.05, 0) is 25.7 Å². The molecule has 0 amide bonds. The number of nitrogens with zero attached hydrogens (tertiary/aromatic N) is 1. The molecule has 1 atom stereocenters. The molecule has 0 spiro atoms. The molecule has 3 nitrogen and oxygen atoms in total. The molecule has 1 unspecified atom stereocenters. The van der Waals surface area contributed by atoms with E-state index in [1.165, 1.54) is 0 Å². The lowest BCUT2D eigenvalue weighted by molar-refractivity contribution is 0.290. The first-order valence-corrected chi connectivity index (χ1v) is 8.50. The third-order valence-corrected chi connectivity index (χ3v) is 6.26. The molecule has 5 heteroatoms. The minimum atomic E-state index is -3.23. The Morgan fingerprint density at radius 1 is 1.24 bits per heavy atom. The molecule has 1 rings (SSSR count). The molecule has 1 aliphatic rings. The Kier molecular flexibility index (Phi) is 5.74. The van der Waals surface area contributed by atoms with Crippen molar-refractivity contribution >= 4 is 21.6 Å². The van der Waals surface area contributed by atoms with E-state index in [0.717, 1.165) is 25.7 Å². The molecule has 1 saturated carbocycles. The summed E-state index contributed by atoms with van der Waals surface area (Å²) in [6, 6.07) is 0.202. The number of alkyl halides is 1. The number of sulfonamides is 1. The lowest BCUT2D eigenvalue weighted by Crippen LogP contribution is -2.45. The SMILES string of the molecule is CC(C)CN(C1CCCC1)S(=O)(=O)C(C)CCl. The van der Waals surface area contributed by atoms with Gasteiger partial charge in [0, 0.05) is 18.5 Å². The van der Waals surface area contributed by atoms with E-state index in [9.17, 15) is 8.42 Å². The summed E-state index contributed by atoms with van der Waals surface area (Å²) in [5.41, 5.74) is 0. The molecule has 1 fully saturated rings. The molecule has 0 aliphatic heterocycles. The van der Waals surface area contributed by atoms with Gasteiger partial charge in [-0.25, -0.2) is 8.42 Å². The molecule has 1 aliphatic carbocycles. The van der Waals surface area contributed by atoms with Crippen molar-refractivity contribution in [3.8, 4) is 0 Å². The maximum absolute atomic E-state index is 12.4. The molecule has 0 aromatic rings. The van der Waals surface area contributed by atoms with Crippen molar-refractivity contribution in [2.75, 3.05) is 12.4 Å². The van der Waals surface area contributed by atoms with E-state index >= 15 is 0 Å². The lowest BCUT2D eigenvalue weighted by Gasteiger charge is -2.31. The third kappa shape index (κ3) is 3.83. The summed E-state index contributed by atoms with van der Waals surface area (Å²) in [7, 11) is -3.23. The Labute approximate surface area is 111 Å². The normalized spacial score (nSPS) is 20.4. The highest BCUT2D eigenvalue weighted by Crippen LogP contribution is 2.28. The zero-order valence-electron chi connectivity index (χ0n) is 11.0. The van der Waals surface area contributed by atoms with Gasteiger partial charge in [-0.3, -0.25) is 0 Å². The Morgan fingerprint density at radius 2 is 1.76 bits per heavy atom. The van der Waals surface area contributed by atoms with Crippen LogP contribution in [0.25, 0.3) is 0 Å². The van der Waals surface area contributed by atoms with Gasteiger partial charge >= 0.3 is 0 Å². The molecule has 0 saturated heterocycles. The zero-order chi connectivity index (χ0) is 13.1. The van der Waals surface area contributed by atoms with Crippen LogP contribution >= 0.6 is 11.6 Å². The highest BCUT2D eigenvalue weighted by atomic mass is 35.5. The van der Waals surface area contributed by atoms with Gasteiger partial charge in [0.25, 0.3) is 0 Å². The van der Waals surface area contributed by atoms with Gasteiger partial charge in [0.05, 0.1) is 5.25 Å². The van der Waals surface area contributed by atoms with Crippen LogP contribution in [0.15, 0.2) is 0 Å². The van der Waals surface area contributed by atoms with Gasteiger partial charge in [-0.15, -0.1) is 11.6 Å². The van der Waals surface area contributed by atoms with Crippen LogP contribution in [0.5, 0.6) is 0 Å². The van der Waals surface area contributed by atoms with Crippen LogP contribution in [0.2, 0.25) is 0 Å². The number of halogens is 1. The van der Waals surface area contributed by atoms with Crippen LogP contribution in [0.3, 0.4) is 0 Å². The first-order chi connectivity index (χ1) is 7.89.